The molecule has 0 N–H and O–H groups in total. The molecule has 0 aromatic carbocycles. The van der Waals surface area contributed by atoms with E-state index in [0.717, 1.165) is 25.7 Å². The maximum atomic E-state index is 11.0. The van der Waals surface area contributed by atoms with Gasteiger partial charge in [-0.2, -0.15) is 0 Å². The Morgan fingerprint density at radius 3 is 2.71 bits per heavy atom. The monoisotopic (exact) mass is 242 g/mol. The number of ether oxygens (including phenoxy) is 2. The molecule has 0 aliphatic carbocycles. The standard InChI is InChI=1S/C14H26O3/c1-3-4-6-9-13-10-7-5-8-11-14(17-13)16-12(2)15/h13-14H,3-11H2,1-2H3. The summed E-state index contributed by atoms with van der Waals surface area (Å²) in [5.41, 5.74) is 0. The normalized spacial score (nSPS) is 26.0. The molecule has 1 heterocycles. The Balaban J connectivity index is 2.35. The molecule has 100 valence electrons. The molecule has 0 spiro atoms. The summed E-state index contributed by atoms with van der Waals surface area (Å²) < 4.78 is 11.1. The Labute approximate surface area is 105 Å². The molecule has 1 rings (SSSR count). The number of hydrogen-bond acceptors (Lipinski definition) is 3. The quantitative estimate of drug-likeness (QED) is 0.543. The van der Waals surface area contributed by atoms with Crippen LogP contribution in [0, 0.1) is 0 Å². The van der Waals surface area contributed by atoms with Crippen molar-refractivity contribution in [2.24, 2.45) is 0 Å². The van der Waals surface area contributed by atoms with E-state index in [4.69, 9.17) is 9.47 Å². The van der Waals surface area contributed by atoms with Gasteiger partial charge in [0.15, 0.2) is 0 Å². The van der Waals surface area contributed by atoms with E-state index in [9.17, 15) is 4.79 Å². The third-order valence-corrected chi connectivity index (χ3v) is 3.24. The molecule has 0 saturated carbocycles. The van der Waals surface area contributed by atoms with Crippen LogP contribution in [0.2, 0.25) is 0 Å². The van der Waals surface area contributed by atoms with Crippen molar-refractivity contribution in [1.82, 2.24) is 0 Å². The van der Waals surface area contributed by atoms with E-state index in [-0.39, 0.29) is 18.4 Å². The Morgan fingerprint density at radius 2 is 2.00 bits per heavy atom. The van der Waals surface area contributed by atoms with Crippen LogP contribution in [0.25, 0.3) is 0 Å². The van der Waals surface area contributed by atoms with E-state index in [1.165, 1.54) is 39.0 Å². The third kappa shape index (κ3) is 6.67. The van der Waals surface area contributed by atoms with Crippen LogP contribution < -0.4 is 0 Å². The number of rotatable bonds is 5. The van der Waals surface area contributed by atoms with Crippen molar-refractivity contribution < 1.29 is 14.3 Å². The minimum absolute atomic E-state index is 0.233. The summed E-state index contributed by atoms with van der Waals surface area (Å²) in [7, 11) is 0. The minimum Gasteiger partial charge on any atom is -0.436 e. The molecule has 3 heteroatoms. The van der Waals surface area contributed by atoms with Crippen molar-refractivity contribution in [3.63, 3.8) is 0 Å². The van der Waals surface area contributed by atoms with Gasteiger partial charge in [0, 0.05) is 13.3 Å². The largest absolute Gasteiger partial charge is 0.436 e. The topological polar surface area (TPSA) is 35.5 Å². The Morgan fingerprint density at radius 1 is 1.24 bits per heavy atom. The lowest BCUT2D eigenvalue weighted by molar-refractivity contribution is -0.193. The Kier molecular flexibility index (Phi) is 7.25. The molecule has 0 amide bonds. The maximum Gasteiger partial charge on any atom is 0.304 e. The fourth-order valence-corrected chi connectivity index (χ4v) is 2.32. The summed E-state index contributed by atoms with van der Waals surface area (Å²) in [6.07, 6.45) is 10.3. The van der Waals surface area contributed by atoms with E-state index in [1.54, 1.807) is 0 Å². The number of hydrogen-bond donors (Lipinski definition) is 0. The summed E-state index contributed by atoms with van der Waals surface area (Å²) in [6.45, 7) is 3.66. The highest BCUT2D eigenvalue weighted by Gasteiger charge is 2.20. The smallest absolute Gasteiger partial charge is 0.304 e. The van der Waals surface area contributed by atoms with Crippen molar-refractivity contribution in [2.45, 2.75) is 84.0 Å². The van der Waals surface area contributed by atoms with Gasteiger partial charge in [-0.05, 0) is 19.3 Å². The van der Waals surface area contributed by atoms with Gasteiger partial charge < -0.3 is 9.47 Å². The summed E-state index contributed by atoms with van der Waals surface area (Å²) in [4.78, 5) is 11.0. The van der Waals surface area contributed by atoms with Crippen LogP contribution in [-0.4, -0.2) is 18.4 Å². The number of unbranched alkanes of at least 4 members (excludes halogenated alkanes) is 2. The SMILES string of the molecule is CCCCCC1CCCCCC(OC(C)=O)O1. The first-order valence-corrected chi connectivity index (χ1v) is 7.05. The molecule has 17 heavy (non-hydrogen) atoms. The van der Waals surface area contributed by atoms with Gasteiger partial charge in [-0.15, -0.1) is 0 Å². The second kappa shape index (κ2) is 8.51. The predicted octanol–water partition coefficient (Wildman–Crippen LogP) is 3.81. The zero-order valence-corrected chi connectivity index (χ0v) is 11.2. The second-order valence-corrected chi connectivity index (χ2v) is 4.93. The van der Waals surface area contributed by atoms with E-state index < -0.39 is 0 Å². The molecule has 0 radical (unpaired) electrons. The summed E-state index contributed by atoms with van der Waals surface area (Å²) in [5, 5.41) is 0. The molecule has 0 aromatic rings. The summed E-state index contributed by atoms with van der Waals surface area (Å²) in [6, 6.07) is 0. The molecular formula is C14H26O3. The third-order valence-electron chi connectivity index (χ3n) is 3.24. The number of carbonyl (C=O) groups excluding carboxylic acids is 1. The zero-order chi connectivity index (χ0) is 12.5. The number of esters is 1. The van der Waals surface area contributed by atoms with Gasteiger partial charge in [0.05, 0.1) is 6.10 Å². The van der Waals surface area contributed by atoms with Crippen molar-refractivity contribution >= 4 is 5.97 Å². The number of carbonyl (C=O) groups is 1. The fraction of sp³-hybridized carbons (Fsp3) is 0.929. The molecule has 1 fully saturated rings. The first-order valence-electron chi connectivity index (χ1n) is 7.05. The molecule has 0 bridgehead atoms. The van der Waals surface area contributed by atoms with Crippen LogP contribution in [0.15, 0.2) is 0 Å². The van der Waals surface area contributed by atoms with Gasteiger partial charge in [0.2, 0.25) is 6.29 Å². The van der Waals surface area contributed by atoms with Crippen LogP contribution >= 0.6 is 0 Å². The van der Waals surface area contributed by atoms with Gasteiger partial charge in [-0.3, -0.25) is 4.79 Å². The molecule has 2 unspecified atom stereocenters. The van der Waals surface area contributed by atoms with Crippen molar-refractivity contribution in [2.75, 3.05) is 0 Å². The van der Waals surface area contributed by atoms with Crippen molar-refractivity contribution in [3.05, 3.63) is 0 Å². The summed E-state index contributed by atoms with van der Waals surface area (Å²) in [5.74, 6) is -0.233. The van der Waals surface area contributed by atoms with Crippen LogP contribution in [-0.2, 0) is 14.3 Å². The molecule has 2 atom stereocenters. The van der Waals surface area contributed by atoms with Crippen LogP contribution in [0.3, 0.4) is 0 Å². The predicted molar refractivity (Wildman–Crippen MR) is 67.7 cm³/mol. The van der Waals surface area contributed by atoms with Gasteiger partial charge in [0.25, 0.3) is 0 Å². The lowest BCUT2D eigenvalue weighted by Gasteiger charge is -2.27. The van der Waals surface area contributed by atoms with Gasteiger partial charge >= 0.3 is 5.97 Å². The van der Waals surface area contributed by atoms with Crippen LogP contribution in [0.4, 0.5) is 0 Å². The van der Waals surface area contributed by atoms with Crippen molar-refractivity contribution in [1.29, 1.82) is 0 Å². The van der Waals surface area contributed by atoms with Gasteiger partial charge in [-0.25, -0.2) is 0 Å². The maximum absolute atomic E-state index is 11.0. The van der Waals surface area contributed by atoms with Crippen molar-refractivity contribution in [3.8, 4) is 0 Å². The highest BCUT2D eigenvalue weighted by atomic mass is 16.7. The van der Waals surface area contributed by atoms with Gasteiger partial charge in [-0.1, -0.05) is 39.0 Å². The fourth-order valence-electron chi connectivity index (χ4n) is 2.32. The summed E-state index contributed by atoms with van der Waals surface area (Å²) >= 11 is 0. The molecule has 1 aliphatic rings. The van der Waals surface area contributed by atoms with E-state index in [2.05, 4.69) is 6.92 Å². The minimum atomic E-state index is -0.306. The lowest BCUT2D eigenvalue weighted by Crippen LogP contribution is -2.28. The average molecular weight is 242 g/mol. The van der Waals surface area contributed by atoms with E-state index in [0.29, 0.717) is 0 Å². The molecule has 1 aliphatic heterocycles. The Hall–Kier alpha value is -0.570. The van der Waals surface area contributed by atoms with Crippen LogP contribution in [0.5, 0.6) is 0 Å². The average Bonchev–Trinajstić information content (AvgIpc) is 2.23. The zero-order valence-electron chi connectivity index (χ0n) is 11.2. The van der Waals surface area contributed by atoms with E-state index in [1.807, 2.05) is 0 Å². The Bertz CT molecular complexity index is 216. The molecule has 0 aromatic heterocycles. The van der Waals surface area contributed by atoms with E-state index >= 15 is 0 Å². The van der Waals surface area contributed by atoms with Crippen LogP contribution in [0.1, 0.15) is 71.6 Å². The first kappa shape index (κ1) is 14.5. The highest BCUT2D eigenvalue weighted by molar-refractivity contribution is 5.66. The molecule has 1 saturated heterocycles. The molecular weight excluding hydrogens is 216 g/mol. The van der Waals surface area contributed by atoms with Gasteiger partial charge in [0.1, 0.15) is 0 Å². The highest BCUT2D eigenvalue weighted by Crippen LogP contribution is 2.22. The molecule has 3 nitrogen and oxygen atoms in total. The lowest BCUT2D eigenvalue weighted by atomic mass is 10.0. The second-order valence-electron chi connectivity index (χ2n) is 4.93. The first-order chi connectivity index (χ1) is 8.22.